The van der Waals surface area contributed by atoms with Crippen molar-refractivity contribution in [3.05, 3.63) is 77.5 Å². The number of rotatable bonds is 3. The molecule has 0 saturated carbocycles. The normalized spacial score (nSPS) is 18.9. The second-order valence-electron chi connectivity index (χ2n) is 8.69. The molecule has 5 rings (SSSR count). The van der Waals surface area contributed by atoms with Gasteiger partial charge in [-0.15, -0.1) is 0 Å². The van der Waals surface area contributed by atoms with Gasteiger partial charge >= 0.3 is 0 Å². The van der Waals surface area contributed by atoms with Crippen molar-refractivity contribution in [1.29, 1.82) is 0 Å². The van der Waals surface area contributed by atoms with Crippen LogP contribution in [-0.4, -0.2) is 40.3 Å². The van der Waals surface area contributed by atoms with E-state index in [1.807, 2.05) is 12.3 Å². The number of carbonyl (C=O) groups is 1. The lowest BCUT2D eigenvalue weighted by Crippen LogP contribution is -2.44. The number of hydrogen-bond acceptors (Lipinski definition) is 3. The Morgan fingerprint density at radius 3 is 2.57 bits per heavy atom. The number of likely N-dealkylation sites (tertiary alicyclic amines) is 1. The fraction of sp³-hybridized carbons (Fsp3) is 0.385. The average molecular weight is 400 g/mol. The zero-order valence-electron chi connectivity index (χ0n) is 17.6. The molecule has 2 aliphatic rings. The molecule has 0 bridgehead atoms. The van der Waals surface area contributed by atoms with Gasteiger partial charge in [0.2, 0.25) is 5.91 Å². The third-order valence-corrected chi connectivity index (χ3v) is 6.98. The molecule has 0 aliphatic carbocycles. The van der Waals surface area contributed by atoms with Crippen LogP contribution in [0.5, 0.6) is 0 Å². The van der Waals surface area contributed by atoms with E-state index >= 15 is 0 Å². The van der Waals surface area contributed by atoms with E-state index in [-0.39, 0.29) is 5.92 Å². The van der Waals surface area contributed by atoms with E-state index in [0.717, 1.165) is 51.0 Å². The second kappa shape index (κ2) is 8.19. The summed E-state index contributed by atoms with van der Waals surface area (Å²) in [5.74, 6) is 0.507. The molecule has 1 amide bonds. The Bertz CT molecular complexity index is 1050. The van der Waals surface area contributed by atoms with Crippen LogP contribution in [0.4, 0.5) is 0 Å². The molecular weight excluding hydrogens is 370 g/mol. The number of carbonyl (C=O) groups excluding carboxylic acids is 1. The molecule has 1 fully saturated rings. The van der Waals surface area contributed by atoms with Gasteiger partial charge in [0.05, 0.1) is 5.52 Å². The van der Waals surface area contributed by atoms with Crippen LogP contribution in [0.1, 0.15) is 42.5 Å². The quantitative estimate of drug-likeness (QED) is 0.646. The van der Waals surface area contributed by atoms with Gasteiger partial charge in [-0.3, -0.25) is 14.7 Å². The van der Waals surface area contributed by atoms with Crippen LogP contribution in [0.25, 0.3) is 10.9 Å². The molecule has 1 unspecified atom stereocenters. The second-order valence-corrected chi connectivity index (χ2v) is 8.69. The standard InChI is InChI=1S/C26H29N3O/c1-19(24-10-4-8-21-9-5-14-27-25(21)24)28-15-12-22(13-16-28)26(30)29-17-11-20-6-2-3-7-23(20)18-29/h2-10,14,19,22H,11-13,15-18H2,1H3. The van der Waals surface area contributed by atoms with Crippen LogP contribution in [-0.2, 0) is 17.8 Å². The number of aromatic nitrogens is 1. The molecule has 0 spiro atoms. The summed E-state index contributed by atoms with van der Waals surface area (Å²) in [6, 6.07) is 19.4. The molecule has 4 heteroatoms. The molecule has 3 heterocycles. The van der Waals surface area contributed by atoms with E-state index in [9.17, 15) is 4.79 Å². The van der Waals surface area contributed by atoms with Gasteiger partial charge in [-0.05, 0) is 62.0 Å². The number of hydrogen-bond donors (Lipinski definition) is 0. The zero-order valence-corrected chi connectivity index (χ0v) is 17.6. The van der Waals surface area contributed by atoms with Crippen molar-refractivity contribution in [2.75, 3.05) is 19.6 Å². The first-order valence-electron chi connectivity index (χ1n) is 11.1. The summed E-state index contributed by atoms with van der Waals surface area (Å²) >= 11 is 0. The van der Waals surface area contributed by atoms with Gasteiger partial charge < -0.3 is 4.90 Å². The lowest BCUT2D eigenvalue weighted by atomic mass is 9.91. The number of benzene rings is 2. The molecular formula is C26H29N3O. The minimum Gasteiger partial charge on any atom is -0.338 e. The van der Waals surface area contributed by atoms with E-state index in [1.165, 1.54) is 22.1 Å². The first kappa shape index (κ1) is 19.3. The number of pyridine rings is 1. The molecule has 1 atom stereocenters. The number of piperidine rings is 1. The number of para-hydroxylation sites is 1. The van der Waals surface area contributed by atoms with Crippen molar-refractivity contribution in [3.8, 4) is 0 Å². The number of nitrogens with zero attached hydrogens (tertiary/aromatic N) is 3. The topological polar surface area (TPSA) is 36.4 Å². The highest BCUT2D eigenvalue weighted by Crippen LogP contribution is 2.31. The largest absolute Gasteiger partial charge is 0.338 e. The smallest absolute Gasteiger partial charge is 0.226 e. The molecule has 0 radical (unpaired) electrons. The fourth-order valence-electron chi connectivity index (χ4n) is 5.14. The van der Waals surface area contributed by atoms with Gasteiger partial charge in [0, 0.05) is 36.6 Å². The monoisotopic (exact) mass is 399 g/mol. The van der Waals surface area contributed by atoms with E-state index in [1.54, 1.807) is 0 Å². The number of fused-ring (bicyclic) bond motifs is 2. The molecule has 30 heavy (non-hydrogen) atoms. The first-order chi connectivity index (χ1) is 14.7. The van der Waals surface area contributed by atoms with Crippen molar-refractivity contribution in [2.24, 2.45) is 5.92 Å². The van der Waals surface area contributed by atoms with Gasteiger partial charge in [0.15, 0.2) is 0 Å². The molecule has 154 valence electrons. The Balaban J connectivity index is 1.24. The maximum absolute atomic E-state index is 13.2. The van der Waals surface area contributed by atoms with Gasteiger partial charge in [0.25, 0.3) is 0 Å². The highest BCUT2D eigenvalue weighted by molar-refractivity contribution is 5.82. The van der Waals surface area contributed by atoms with Gasteiger partial charge in [-0.25, -0.2) is 0 Å². The molecule has 3 aromatic rings. The number of amides is 1. The highest BCUT2D eigenvalue weighted by Gasteiger charge is 2.32. The Morgan fingerprint density at radius 2 is 1.73 bits per heavy atom. The maximum Gasteiger partial charge on any atom is 0.226 e. The predicted octanol–water partition coefficient (Wildman–Crippen LogP) is 4.59. The predicted molar refractivity (Wildman–Crippen MR) is 120 cm³/mol. The Hall–Kier alpha value is -2.72. The van der Waals surface area contributed by atoms with Crippen molar-refractivity contribution < 1.29 is 4.79 Å². The minimum absolute atomic E-state index is 0.157. The van der Waals surface area contributed by atoms with Crippen LogP contribution in [0.3, 0.4) is 0 Å². The van der Waals surface area contributed by atoms with E-state index in [2.05, 4.69) is 70.2 Å². The molecule has 0 N–H and O–H groups in total. The van der Waals surface area contributed by atoms with Crippen LogP contribution >= 0.6 is 0 Å². The van der Waals surface area contributed by atoms with E-state index < -0.39 is 0 Å². The Kier molecular flexibility index (Phi) is 5.26. The molecule has 2 aliphatic heterocycles. The molecule has 4 nitrogen and oxygen atoms in total. The summed E-state index contributed by atoms with van der Waals surface area (Å²) in [5, 5.41) is 1.19. The Labute approximate surface area is 178 Å². The van der Waals surface area contributed by atoms with Crippen LogP contribution in [0, 0.1) is 5.92 Å². The van der Waals surface area contributed by atoms with Crippen LogP contribution in [0.2, 0.25) is 0 Å². The fourth-order valence-corrected chi connectivity index (χ4v) is 5.14. The SMILES string of the molecule is CC(c1cccc2cccnc12)N1CCC(C(=O)N2CCc3ccccc3C2)CC1. The van der Waals surface area contributed by atoms with Crippen molar-refractivity contribution >= 4 is 16.8 Å². The van der Waals surface area contributed by atoms with Crippen molar-refractivity contribution in [3.63, 3.8) is 0 Å². The van der Waals surface area contributed by atoms with E-state index in [0.29, 0.717) is 11.9 Å². The van der Waals surface area contributed by atoms with E-state index in [4.69, 9.17) is 0 Å². The molecule has 1 saturated heterocycles. The molecule has 2 aromatic carbocycles. The van der Waals surface area contributed by atoms with Crippen LogP contribution < -0.4 is 0 Å². The lowest BCUT2D eigenvalue weighted by molar-refractivity contribution is -0.138. The lowest BCUT2D eigenvalue weighted by Gasteiger charge is -2.38. The maximum atomic E-state index is 13.2. The summed E-state index contributed by atoms with van der Waals surface area (Å²) in [7, 11) is 0. The Morgan fingerprint density at radius 1 is 0.967 bits per heavy atom. The van der Waals surface area contributed by atoms with Crippen molar-refractivity contribution in [1.82, 2.24) is 14.8 Å². The zero-order chi connectivity index (χ0) is 20.5. The van der Waals surface area contributed by atoms with Gasteiger partial charge in [-0.2, -0.15) is 0 Å². The minimum atomic E-state index is 0.157. The molecule has 1 aromatic heterocycles. The first-order valence-corrected chi connectivity index (χ1v) is 11.1. The highest BCUT2D eigenvalue weighted by atomic mass is 16.2. The average Bonchev–Trinajstić information content (AvgIpc) is 2.82. The van der Waals surface area contributed by atoms with Crippen LogP contribution in [0.15, 0.2) is 60.8 Å². The summed E-state index contributed by atoms with van der Waals surface area (Å²) in [6.07, 6.45) is 4.74. The summed E-state index contributed by atoms with van der Waals surface area (Å²) in [5.41, 5.74) is 5.09. The summed E-state index contributed by atoms with van der Waals surface area (Å²) < 4.78 is 0. The third kappa shape index (κ3) is 3.61. The summed E-state index contributed by atoms with van der Waals surface area (Å²) in [6.45, 7) is 5.82. The summed E-state index contributed by atoms with van der Waals surface area (Å²) in [4.78, 5) is 22.4. The van der Waals surface area contributed by atoms with Gasteiger partial charge in [0.1, 0.15) is 0 Å². The third-order valence-electron chi connectivity index (χ3n) is 6.98. The van der Waals surface area contributed by atoms with Gasteiger partial charge in [-0.1, -0.05) is 48.5 Å². The van der Waals surface area contributed by atoms with Crippen molar-refractivity contribution in [2.45, 2.75) is 38.8 Å².